The molecular formula is C21H21NO4. The Morgan fingerprint density at radius 2 is 1.81 bits per heavy atom. The number of carbonyl (C=O) groups excluding carboxylic acids is 2. The van der Waals surface area contributed by atoms with Crippen LogP contribution in [0.5, 0.6) is 5.75 Å². The first-order valence-corrected chi connectivity index (χ1v) is 8.39. The first-order chi connectivity index (χ1) is 12.4. The highest BCUT2D eigenvalue weighted by molar-refractivity contribution is 6.07. The molecule has 3 aromatic rings. The highest BCUT2D eigenvalue weighted by Crippen LogP contribution is 2.24. The standard InChI is InChI=1S/C21H21NO4/c1-13-9-10-19(14(2)11-13)26-15(3)20(23)22-12-17(21(24)25-4)16-7-5-6-8-18(16)22/h5-12,15H,1-4H3/t15-/m0/s1. The fourth-order valence-electron chi connectivity index (χ4n) is 3.00. The van der Waals surface area contributed by atoms with Crippen molar-refractivity contribution in [2.45, 2.75) is 26.9 Å². The molecule has 0 bridgehead atoms. The molecule has 0 saturated heterocycles. The lowest BCUT2D eigenvalue weighted by Gasteiger charge is -2.16. The molecule has 0 radical (unpaired) electrons. The van der Waals surface area contributed by atoms with Gasteiger partial charge in [0.1, 0.15) is 5.75 Å². The normalized spacial score (nSPS) is 12.0. The molecule has 26 heavy (non-hydrogen) atoms. The molecule has 134 valence electrons. The topological polar surface area (TPSA) is 57.5 Å². The average Bonchev–Trinajstić information content (AvgIpc) is 3.02. The number of fused-ring (bicyclic) bond motifs is 1. The van der Waals surface area contributed by atoms with Gasteiger partial charge in [0.15, 0.2) is 6.10 Å². The fourth-order valence-corrected chi connectivity index (χ4v) is 3.00. The van der Waals surface area contributed by atoms with E-state index in [9.17, 15) is 9.59 Å². The maximum absolute atomic E-state index is 13.0. The molecule has 0 amide bonds. The summed E-state index contributed by atoms with van der Waals surface area (Å²) in [6, 6.07) is 13.0. The highest BCUT2D eigenvalue weighted by atomic mass is 16.5. The quantitative estimate of drug-likeness (QED) is 0.663. The lowest BCUT2D eigenvalue weighted by molar-refractivity contribution is 0.0602. The summed E-state index contributed by atoms with van der Waals surface area (Å²) in [7, 11) is 1.32. The second-order valence-corrected chi connectivity index (χ2v) is 6.29. The third kappa shape index (κ3) is 3.20. The molecule has 0 fully saturated rings. The molecule has 0 aliphatic heterocycles. The summed E-state index contributed by atoms with van der Waals surface area (Å²) in [5.74, 6) is -0.0619. The molecule has 0 spiro atoms. The van der Waals surface area contributed by atoms with Gasteiger partial charge in [0, 0.05) is 11.6 Å². The van der Waals surface area contributed by atoms with Crippen LogP contribution in [0.2, 0.25) is 0 Å². The van der Waals surface area contributed by atoms with Crippen LogP contribution >= 0.6 is 0 Å². The third-order valence-corrected chi connectivity index (χ3v) is 4.34. The van der Waals surface area contributed by atoms with Crippen molar-refractivity contribution in [2.24, 2.45) is 0 Å². The lowest BCUT2D eigenvalue weighted by atomic mass is 10.1. The summed E-state index contributed by atoms with van der Waals surface area (Å²) in [5.41, 5.74) is 3.11. The molecule has 1 aromatic heterocycles. The summed E-state index contributed by atoms with van der Waals surface area (Å²) in [4.78, 5) is 25.0. The van der Waals surface area contributed by atoms with Gasteiger partial charge in [-0.05, 0) is 38.5 Å². The second-order valence-electron chi connectivity index (χ2n) is 6.29. The van der Waals surface area contributed by atoms with Gasteiger partial charge in [0.2, 0.25) is 0 Å². The van der Waals surface area contributed by atoms with Gasteiger partial charge in [-0.15, -0.1) is 0 Å². The Balaban J connectivity index is 1.95. The number of esters is 1. The van der Waals surface area contributed by atoms with Crippen LogP contribution in [0, 0.1) is 13.8 Å². The number of nitrogens with zero attached hydrogens (tertiary/aromatic N) is 1. The minimum Gasteiger partial charge on any atom is -0.481 e. The number of aromatic nitrogens is 1. The van der Waals surface area contributed by atoms with E-state index in [4.69, 9.17) is 9.47 Å². The number of methoxy groups -OCH3 is 1. The van der Waals surface area contributed by atoms with E-state index >= 15 is 0 Å². The SMILES string of the molecule is COC(=O)c1cn(C(=O)[C@H](C)Oc2ccc(C)cc2C)c2ccccc12. The Hall–Kier alpha value is -3.08. The summed E-state index contributed by atoms with van der Waals surface area (Å²) < 4.78 is 12.2. The minimum absolute atomic E-state index is 0.253. The van der Waals surface area contributed by atoms with E-state index in [1.807, 2.05) is 44.2 Å². The lowest BCUT2D eigenvalue weighted by Crippen LogP contribution is -2.29. The van der Waals surface area contributed by atoms with Crippen molar-refractivity contribution < 1.29 is 19.1 Å². The average molecular weight is 351 g/mol. The van der Waals surface area contributed by atoms with Gasteiger partial charge in [0.05, 0.1) is 18.2 Å². The Morgan fingerprint density at radius 3 is 2.50 bits per heavy atom. The van der Waals surface area contributed by atoms with Crippen molar-refractivity contribution in [2.75, 3.05) is 7.11 Å². The van der Waals surface area contributed by atoms with E-state index in [2.05, 4.69) is 0 Å². The Kier molecular flexibility index (Phi) is 4.80. The van der Waals surface area contributed by atoms with E-state index in [-0.39, 0.29) is 5.91 Å². The minimum atomic E-state index is -0.710. The highest BCUT2D eigenvalue weighted by Gasteiger charge is 2.23. The molecule has 5 heteroatoms. The van der Waals surface area contributed by atoms with E-state index in [1.165, 1.54) is 17.9 Å². The van der Waals surface area contributed by atoms with Crippen LogP contribution in [0.15, 0.2) is 48.7 Å². The van der Waals surface area contributed by atoms with Crippen molar-refractivity contribution in [3.63, 3.8) is 0 Å². The second kappa shape index (κ2) is 7.04. The molecule has 3 rings (SSSR count). The smallest absolute Gasteiger partial charge is 0.340 e. The van der Waals surface area contributed by atoms with E-state index < -0.39 is 12.1 Å². The maximum atomic E-state index is 13.0. The summed E-state index contributed by atoms with van der Waals surface area (Å²) in [6.07, 6.45) is 0.804. The number of rotatable bonds is 4. The number of aryl methyl sites for hydroxylation is 2. The predicted octanol–water partition coefficient (Wildman–Crippen LogP) is 4.15. The fraction of sp³-hybridized carbons (Fsp3) is 0.238. The van der Waals surface area contributed by atoms with Gasteiger partial charge in [-0.1, -0.05) is 35.9 Å². The van der Waals surface area contributed by atoms with E-state index in [0.29, 0.717) is 22.2 Å². The molecule has 0 aliphatic carbocycles. The molecule has 0 N–H and O–H groups in total. The van der Waals surface area contributed by atoms with Crippen LogP contribution in [-0.2, 0) is 4.74 Å². The number of ether oxygens (including phenoxy) is 2. The molecule has 5 nitrogen and oxygen atoms in total. The van der Waals surface area contributed by atoms with Crippen LogP contribution in [0.1, 0.15) is 33.2 Å². The van der Waals surface area contributed by atoms with Crippen LogP contribution in [0.4, 0.5) is 0 Å². The van der Waals surface area contributed by atoms with Crippen LogP contribution < -0.4 is 4.74 Å². The number of para-hydroxylation sites is 1. The van der Waals surface area contributed by atoms with Crippen molar-refractivity contribution in [3.8, 4) is 5.75 Å². The van der Waals surface area contributed by atoms with Gasteiger partial charge in [0.25, 0.3) is 5.91 Å². The predicted molar refractivity (Wildman–Crippen MR) is 99.9 cm³/mol. The first kappa shape index (κ1) is 17.7. The van der Waals surface area contributed by atoms with Crippen molar-refractivity contribution in [1.29, 1.82) is 0 Å². The van der Waals surface area contributed by atoms with Gasteiger partial charge in [-0.2, -0.15) is 0 Å². The first-order valence-electron chi connectivity index (χ1n) is 8.39. The third-order valence-electron chi connectivity index (χ3n) is 4.34. The van der Waals surface area contributed by atoms with Crippen molar-refractivity contribution >= 4 is 22.8 Å². The van der Waals surface area contributed by atoms with Gasteiger partial charge < -0.3 is 9.47 Å². The largest absolute Gasteiger partial charge is 0.481 e. The molecule has 2 aromatic carbocycles. The summed E-state index contributed by atoms with van der Waals surface area (Å²) in [5, 5.41) is 0.673. The Labute approximate surface area is 152 Å². The van der Waals surface area contributed by atoms with Crippen LogP contribution in [-0.4, -0.2) is 29.7 Å². The van der Waals surface area contributed by atoms with Crippen LogP contribution in [0.3, 0.4) is 0 Å². The molecule has 1 heterocycles. The number of benzene rings is 2. The molecule has 0 aliphatic rings. The monoisotopic (exact) mass is 351 g/mol. The maximum Gasteiger partial charge on any atom is 0.340 e. The molecular weight excluding hydrogens is 330 g/mol. The van der Waals surface area contributed by atoms with Gasteiger partial charge in [-0.25, -0.2) is 4.79 Å². The van der Waals surface area contributed by atoms with Crippen molar-refractivity contribution in [1.82, 2.24) is 4.57 Å². The Bertz CT molecular complexity index is 987. The molecule has 0 unspecified atom stereocenters. The molecule has 0 saturated carbocycles. The number of hydrogen-bond donors (Lipinski definition) is 0. The Morgan fingerprint density at radius 1 is 1.08 bits per heavy atom. The van der Waals surface area contributed by atoms with E-state index in [1.54, 1.807) is 19.1 Å². The van der Waals surface area contributed by atoms with Gasteiger partial charge in [-0.3, -0.25) is 9.36 Å². The zero-order chi connectivity index (χ0) is 18.8. The summed E-state index contributed by atoms with van der Waals surface area (Å²) >= 11 is 0. The zero-order valence-corrected chi connectivity index (χ0v) is 15.3. The number of hydrogen-bond acceptors (Lipinski definition) is 4. The van der Waals surface area contributed by atoms with Gasteiger partial charge >= 0.3 is 5.97 Å². The number of carbonyl (C=O) groups is 2. The van der Waals surface area contributed by atoms with Crippen molar-refractivity contribution in [3.05, 3.63) is 65.4 Å². The summed E-state index contributed by atoms with van der Waals surface area (Å²) in [6.45, 7) is 5.65. The van der Waals surface area contributed by atoms with Crippen LogP contribution in [0.25, 0.3) is 10.9 Å². The van der Waals surface area contributed by atoms with E-state index in [0.717, 1.165) is 11.1 Å². The molecule has 1 atom stereocenters. The zero-order valence-electron chi connectivity index (χ0n) is 15.3.